The van der Waals surface area contributed by atoms with Crippen molar-refractivity contribution >= 4 is 46.9 Å². The van der Waals surface area contributed by atoms with Gasteiger partial charge in [-0.3, -0.25) is 28.8 Å². The lowest BCUT2D eigenvalue weighted by molar-refractivity contribution is -0.249. The van der Waals surface area contributed by atoms with Crippen LogP contribution in [0.25, 0.3) is 0 Å². The Balaban J connectivity index is 1.01. The fourth-order valence-electron chi connectivity index (χ4n) is 9.45. The van der Waals surface area contributed by atoms with Gasteiger partial charge in [0, 0.05) is 55.0 Å². The van der Waals surface area contributed by atoms with E-state index in [1.807, 2.05) is 30.3 Å². The first kappa shape index (κ1) is 53.5. The molecule has 2 aliphatic carbocycles. The number of aliphatic hydroxyl groups is 3. The van der Waals surface area contributed by atoms with Crippen LogP contribution in [0.4, 0.5) is 10.5 Å². The summed E-state index contributed by atoms with van der Waals surface area (Å²) in [7, 11) is 1.29. The number of benzene rings is 4. The number of nitrogens with two attached hydrogens (primary N) is 1. The number of methoxy groups -OCH3 is 1. The van der Waals surface area contributed by atoms with Crippen molar-refractivity contribution in [3.63, 3.8) is 0 Å². The monoisotopic (exact) mass is 1010 g/mol. The number of phenolic OH excluding ortho intramolecular Hbond substituents is 2. The van der Waals surface area contributed by atoms with E-state index in [9.17, 15) is 59.1 Å². The van der Waals surface area contributed by atoms with E-state index in [0.717, 1.165) is 5.56 Å². The lowest BCUT2D eigenvalue weighted by Crippen LogP contribution is -2.56. The standard InChI is InChI=1S/C52H59N5O16/c1-26-44(61)34(57-51(68)71-25-29-15-17-30(18-16-29)55-49(66)33(13-7-8-19-53)56-50(67)35(54-27(2)59)20-28-10-5-4-6-11-28)21-39(72-26)73-37-23-52(69,38(60)24-58)22-32-41(37)48(65)43-42(46(32)63)45(62)31-12-9-14-36(70-3)40(31)47(43)64/h4-6,9-12,14-18,26,33-35,37,39,44,58,61,63,65,69H,7-8,13,19-25,53H2,1-3H3,(H,54,59)(H,55,66)(H,56,67)(H,57,68)/t26?,33-,34?,35-,37-,39?,44?,52-/m0/s1. The van der Waals surface area contributed by atoms with Crippen LogP contribution >= 0.6 is 0 Å². The molecule has 4 amide bonds. The summed E-state index contributed by atoms with van der Waals surface area (Å²) in [5.41, 5.74) is 3.07. The topological polar surface area (TPSA) is 332 Å². The van der Waals surface area contributed by atoms with Crippen LogP contribution in [-0.4, -0.2) is 129 Å². The van der Waals surface area contributed by atoms with Gasteiger partial charge in [0.25, 0.3) is 0 Å². The molecular weight excluding hydrogens is 951 g/mol. The van der Waals surface area contributed by atoms with E-state index in [1.165, 1.54) is 39.2 Å². The smallest absolute Gasteiger partial charge is 0.407 e. The molecule has 8 atom stereocenters. The molecule has 388 valence electrons. The van der Waals surface area contributed by atoms with Crippen molar-refractivity contribution in [2.75, 3.05) is 25.6 Å². The highest BCUT2D eigenvalue weighted by Gasteiger charge is 2.50. The van der Waals surface area contributed by atoms with Crippen molar-refractivity contribution < 1.29 is 78.0 Å². The Labute approximate surface area is 419 Å². The molecule has 3 aliphatic rings. The first-order chi connectivity index (χ1) is 34.9. The fraction of sp³-hybridized carbons (Fsp3) is 0.404. The highest BCUT2D eigenvalue weighted by Crippen LogP contribution is 2.52. The molecule has 0 aromatic heterocycles. The normalized spacial score (nSPS) is 21.8. The van der Waals surface area contributed by atoms with Gasteiger partial charge < -0.3 is 71.5 Å². The molecule has 0 bridgehead atoms. The number of alkyl carbamates (subject to hydrolysis) is 1. The van der Waals surface area contributed by atoms with Gasteiger partial charge in [0.2, 0.25) is 23.5 Å². The Morgan fingerprint density at radius 1 is 0.863 bits per heavy atom. The molecule has 1 heterocycles. The average molecular weight is 1010 g/mol. The van der Waals surface area contributed by atoms with Crippen LogP contribution in [0, 0.1) is 0 Å². The second-order valence-corrected chi connectivity index (χ2v) is 18.3. The zero-order chi connectivity index (χ0) is 52.7. The van der Waals surface area contributed by atoms with Gasteiger partial charge in [0.15, 0.2) is 17.9 Å². The number of aromatic hydroxyl groups is 2. The van der Waals surface area contributed by atoms with Gasteiger partial charge in [-0.1, -0.05) is 54.6 Å². The molecule has 21 nitrogen and oxygen atoms in total. The van der Waals surface area contributed by atoms with Crippen molar-refractivity contribution in [3.8, 4) is 17.2 Å². The molecule has 7 rings (SSSR count). The average Bonchev–Trinajstić information content (AvgIpc) is 3.36. The summed E-state index contributed by atoms with van der Waals surface area (Å²) in [4.78, 5) is 93.2. The van der Waals surface area contributed by atoms with Crippen LogP contribution in [0.5, 0.6) is 17.2 Å². The second-order valence-electron chi connectivity index (χ2n) is 18.3. The van der Waals surface area contributed by atoms with Crippen molar-refractivity contribution in [1.29, 1.82) is 0 Å². The minimum atomic E-state index is -2.40. The van der Waals surface area contributed by atoms with Crippen LogP contribution in [0.1, 0.15) is 106 Å². The summed E-state index contributed by atoms with van der Waals surface area (Å²) >= 11 is 0. The first-order valence-corrected chi connectivity index (χ1v) is 23.7. The molecule has 0 saturated carbocycles. The minimum absolute atomic E-state index is 0.0340. The fourth-order valence-corrected chi connectivity index (χ4v) is 9.45. The zero-order valence-corrected chi connectivity index (χ0v) is 40.3. The van der Waals surface area contributed by atoms with Crippen molar-refractivity contribution in [3.05, 3.63) is 117 Å². The number of phenols is 2. The largest absolute Gasteiger partial charge is 0.507 e. The number of hydrogen-bond acceptors (Lipinski definition) is 17. The number of amides is 4. The summed E-state index contributed by atoms with van der Waals surface area (Å²) in [6.45, 7) is 1.81. The summed E-state index contributed by atoms with van der Waals surface area (Å²) in [6, 6.07) is 16.8. The molecule has 21 heteroatoms. The van der Waals surface area contributed by atoms with Crippen molar-refractivity contribution in [2.24, 2.45) is 5.73 Å². The van der Waals surface area contributed by atoms with Crippen LogP contribution in [0.15, 0.2) is 72.8 Å². The molecule has 4 aromatic rings. The number of ether oxygens (including phenoxy) is 4. The van der Waals surface area contributed by atoms with E-state index in [4.69, 9.17) is 24.7 Å². The molecule has 73 heavy (non-hydrogen) atoms. The van der Waals surface area contributed by atoms with Crippen LogP contribution < -0.4 is 31.7 Å². The molecule has 1 fully saturated rings. The molecule has 4 aromatic carbocycles. The molecule has 1 aliphatic heterocycles. The lowest BCUT2D eigenvalue weighted by atomic mass is 9.72. The van der Waals surface area contributed by atoms with Crippen LogP contribution in [0.2, 0.25) is 0 Å². The highest BCUT2D eigenvalue weighted by atomic mass is 16.7. The minimum Gasteiger partial charge on any atom is -0.507 e. The van der Waals surface area contributed by atoms with E-state index < -0.39 is 132 Å². The number of ketones is 3. The van der Waals surface area contributed by atoms with E-state index >= 15 is 0 Å². The number of carbonyl (C=O) groups is 7. The maximum Gasteiger partial charge on any atom is 0.407 e. The molecule has 0 radical (unpaired) electrons. The summed E-state index contributed by atoms with van der Waals surface area (Å²) in [5.74, 6) is -5.72. The van der Waals surface area contributed by atoms with Gasteiger partial charge in [-0.25, -0.2) is 4.79 Å². The van der Waals surface area contributed by atoms with Gasteiger partial charge in [-0.05, 0) is 62.1 Å². The number of fused-ring (bicyclic) bond motifs is 3. The number of Topliss-reactive ketones (excluding diaryl/α,β-unsaturated/α-hetero) is 1. The van der Waals surface area contributed by atoms with Crippen molar-refractivity contribution in [2.45, 2.75) is 114 Å². The van der Waals surface area contributed by atoms with Crippen LogP contribution in [-0.2, 0) is 52.8 Å². The molecule has 1 saturated heterocycles. The third-order valence-corrected chi connectivity index (χ3v) is 13.2. The Morgan fingerprint density at radius 3 is 2.25 bits per heavy atom. The number of rotatable bonds is 19. The van der Waals surface area contributed by atoms with Crippen molar-refractivity contribution in [1.82, 2.24) is 16.0 Å². The van der Waals surface area contributed by atoms with Gasteiger partial charge >= 0.3 is 6.09 Å². The maximum absolute atomic E-state index is 14.0. The Bertz CT molecular complexity index is 2750. The van der Waals surface area contributed by atoms with E-state index in [-0.39, 0.29) is 53.9 Å². The van der Waals surface area contributed by atoms with E-state index in [1.54, 1.807) is 24.3 Å². The van der Waals surface area contributed by atoms with Gasteiger partial charge in [0.05, 0.1) is 42.0 Å². The molecule has 11 N–H and O–H groups in total. The lowest BCUT2D eigenvalue weighted by Gasteiger charge is -2.42. The summed E-state index contributed by atoms with van der Waals surface area (Å²) in [6.07, 6.45) is -6.08. The molecular formula is C52H59N5O16. The van der Waals surface area contributed by atoms with Gasteiger partial charge in [0.1, 0.15) is 54.3 Å². The number of nitrogens with one attached hydrogen (secondary N) is 4. The Kier molecular flexibility index (Phi) is 16.9. The second kappa shape index (κ2) is 23.1. The quantitative estimate of drug-likeness (QED) is 0.0419. The summed E-state index contributed by atoms with van der Waals surface area (Å²) < 4.78 is 23.0. The molecule has 0 spiro atoms. The van der Waals surface area contributed by atoms with E-state index in [2.05, 4.69) is 21.3 Å². The number of aliphatic hydroxyl groups excluding tert-OH is 2. The predicted molar refractivity (Wildman–Crippen MR) is 259 cm³/mol. The number of anilines is 1. The number of unbranched alkanes of at least 4 members (excludes halogenated alkanes) is 1. The summed E-state index contributed by atoms with van der Waals surface area (Å²) in [5, 5.41) is 66.9. The Hall–Kier alpha value is -7.27. The molecule has 4 unspecified atom stereocenters. The SMILES string of the molecule is COc1cccc2c1C(=O)c1c(O)c3c(c(O)c1C2=O)C[C@@](O)(C(=O)CO)C[C@@H]3OC1CC(NC(=O)OCc2ccc(NC(=O)[C@H](CCCCN)NC(=O)[C@H](Cc3ccccc3)NC(C)=O)cc2)C(O)C(C)O1. The number of hydrogen-bond donors (Lipinski definition) is 10. The Morgan fingerprint density at radius 2 is 1.58 bits per heavy atom. The highest BCUT2D eigenvalue weighted by molar-refractivity contribution is 6.31. The third kappa shape index (κ3) is 11.8. The third-order valence-electron chi connectivity index (χ3n) is 13.2. The van der Waals surface area contributed by atoms with E-state index in [0.29, 0.717) is 30.6 Å². The number of carbonyl (C=O) groups excluding carboxylic acids is 7. The van der Waals surface area contributed by atoms with Crippen LogP contribution in [0.3, 0.4) is 0 Å². The first-order valence-electron chi connectivity index (χ1n) is 23.7. The van der Waals surface area contributed by atoms with Gasteiger partial charge in [-0.2, -0.15) is 0 Å². The maximum atomic E-state index is 14.0. The predicted octanol–water partition coefficient (Wildman–Crippen LogP) is 2.27. The van der Waals surface area contributed by atoms with Gasteiger partial charge in [-0.15, -0.1) is 0 Å². The zero-order valence-electron chi connectivity index (χ0n) is 40.3.